The largest absolute Gasteiger partial charge is 0.490 e. The normalized spacial score (nSPS) is 14.1. The topological polar surface area (TPSA) is 73.9 Å². The molecule has 29 heavy (non-hydrogen) atoms. The Kier molecular flexibility index (Phi) is 7.14. The number of hydrogen-bond donors (Lipinski definition) is 1. The van der Waals surface area contributed by atoms with Crippen LogP contribution in [0.2, 0.25) is 5.02 Å². The maximum absolute atomic E-state index is 12.0. The monoisotopic (exact) mass is 415 g/mol. The van der Waals surface area contributed by atoms with Crippen molar-refractivity contribution in [1.82, 2.24) is 5.32 Å². The smallest absolute Gasteiger partial charge is 0.331 e. The van der Waals surface area contributed by atoms with Gasteiger partial charge in [0.15, 0.2) is 18.1 Å². The zero-order valence-electron chi connectivity index (χ0n) is 16.0. The molecule has 0 unspecified atom stereocenters. The molecule has 0 aliphatic carbocycles. The van der Waals surface area contributed by atoms with Crippen LogP contribution in [0.5, 0.6) is 11.5 Å². The predicted molar refractivity (Wildman–Crippen MR) is 110 cm³/mol. The molecule has 1 aliphatic rings. The summed E-state index contributed by atoms with van der Waals surface area (Å²) in [6, 6.07) is 12.4. The van der Waals surface area contributed by atoms with Crippen LogP contribution in [0.3, 0.4) is 0 Å². The molecule has 2 aromatic carbocycles. The first kappa shape index (κ1) is 20.7. The van der Waals surface area contributed by atoms with E-state index in [1.54, 1.807) is 30.3 Å². The fourth-order valence-corrected chi connectivity index (χ4v) is 2.97. The second-order valence-electron chi connectivity index (χ2n) is 6.54. The zero-order valence-corrected chi connectivity index (χ0v) is 16.8. The molecule has 7 heteroatoms. The molecule has 0 bridgehead atoms. The molecule has 1 N–H and O–H groups in total. The van der Waals surface area contributed by atoms with Gasteiger partial charge in [0, 0.05) is 17.5 Å². The van der Waals surface area contributed by atoms with Gasteiger partial charge in [0.25, 0.3) is 5.91 Å². The molecule has 2 aromatic rings. The number of fused-ring (bicyclic) bond motifs is 1. The van der Waals surface area contributed by atoms with E-state index >= 15 is 0 Å². The van der Waals surface area contributed by atoms with Gasteiger partial charge in [-0.3, -0.25) is 4.79 Å². The summed E-state index contributed by atoms with van der Waals surface area (Å²) in [4.78, 5) is 23.9. The van der Waals surface area contributed by atoms with Crippen molar-refractivity contribution in [3.8, 4) is 11.5 Å². The van der Waals surface area contributed by atoms with Crippen molar-refractivity contribution >= 4 is 29.6 Å². The fourth-order valence-electron chi connectivity index (χ4n) is 2.78. The number of carbonyl (C=O) groups excluding carboxylic acids is 2. The van der Waals surface area contributed by atoms with Crippen molar-refractivity contribution in [2.75, 3.05) is 19.8 Å². The first-order chi connectivity index (χ1) is 14.0. The van der Waals surface area contributed by atoms with E-state index in [2.05, 4.69) is 5.32 Å². The molecule has 1 amide bonds. The molecule has 1 atom stereocenters. The van der Waals surface area contributed by atoms with Crippen LogP contribution >= 0.6 is 11.6 Å². The van der Waals surface area contributed by atoms with Gasteiger partial charge in [-0.2, -0.15) is 0 Å². The van der Waals surface area contributed by atoms with Gasteiger partial charge in [-0.05, 0) is 48.4 Å². The lowest BCUT2D eigenvalue weighted by atomic mass is 10.1. The average Bonchev–Trinajstić information content (AvgIpc) is 2.95. The Balaban J connectivity index is 1.48. The summed E-state index contributed by atoms with van der Waals surface area (Å²) in [5, 5.41) is 3.36. The van der Waals surface area contributed by atoms with Gasteiger partial charge in [0.1, 0.15) is 0 Å². The molecule has 0 aromatic heterocycles. The highest BCUT2D eigenvalue weighted by molar-refractivity contribution is 6.30. The highest BCUT2D eigenvalue weighted by atomic mass is 35.5. The summed E-state index contributed by atoms with van der Waals surface area (Å²) in [6.45, 7) is 2.67. The molecule has 152 valence electrons. The Bertz CT molecular complexity index is 912. The Morgan fingerprint density at radius 1 is 1.17 bits per heavy atom. The maximum atomic E-state index is 12.0. The Labute approximate surface area is 174 Å². The molecular weight excluding hydrogens is 394 g/mol. The number of amides is 1. The predicted octanol–water partition coefficient (Wildman–Crippen LogP) is 3.94. The second-order valence-corrected chi connectivity index (χ2v) is 6.98. The number of halogens is 1. The molecule has 1 aliphatic heterocycles. The minimum Gasteiger partial charge on any atom is -0.490 e. The molecule has 0 saturated carbocycles. The van der Waals surface area contributed by atoms with Crippen LogP contribution in [0.25, 0.3) is 6.08 Å². The van der Waals surface area contributed by atoms with Crippen molar-refractivity contribution in [3.63, 3.8) is 0 Å². The second kappa shape index (κ2) is 9.98. The summed E-state index contributed by atoms with van der Waals surface area (Å²) >= 11 is 5.96. The van der Waals surface area contributed by atoms with Crippen LogP contribution in [0.4, 0.5) is 0 Å². The molecule has 3 rings (SSSR count). The van der Waals surface area contributed by atoms with E-state index in [-0.39, 0.29) is 12.6 Å². The number of rotatable bonds is 6. The summed E-state index contributed by atoms with van der Waals surface area (Å²) in [5.41, 5.74) is 1.64. The number of nitrogens with one attached hydrogen (secondary N) is 1. The summed E-state index contributed by atoms with van der Waals surface area (Å²) in [5.74, 6) is 0.331. The Morgan fingerprint density at radius 2 is 1.97 bits per heavy atom. The van der Waals surface area contributed by atoms with Crippen LogP contribution in [-0.4, -0.2) is 31.7 Å². The van der Waals surface area contributed by atoms with Crippen LogP contribution in [-0.2, 0) is 14.3 Å². The number of ether oxygens (including phenoxy) is 3. The van der Waals surface area contributed by atoms with Gasteiger partial charge in [-0.1, -0.05) is 29.8 Å². The van der Waals surface area contributed by atoms with E-state index in [4.69, 9.17) is 25.8 Å². The molecule has 0 radical (unpaired) electrons. The highest BCUT2D eigenvalue weighted by Crippen LogP contribution is 2.30. The van der Waals surface area contributed by atoms with E-state index in [1.807, 2.05) is 25.1 Å². The SMILES string of the molecule is C[C@H](NC(=O)COC(=O)/C=C/c1ccc2c(c1)OCCCO2)c1cccc(Cl)c1. The third kappa shape index (κ3) is 6.26. The van der Waals surface area contributed by atoms with E-state index < -0.39 is 11.9 Å². The third-order valence-corrected chi connectivity index (χ3v) is 4.49. The quantitative estimate of drug-likeness (QED) is 0.571. The minimum atomic E-state index is -0.609. The lowest BCUT2D eigenvalue weighted by Crippen LogP contribution is -2.30. The van der Waals surface area contributed by atoms with E-state index in [1.165, 1.54) is 6.08 Å². The highest BCUT2D eigenvalue weighted by Gasteiger charge is 2.12. The van der Waals surface area contributed by atoms with Crippen LogP contribution in [0.1, 0.15) is 30.5 Å². The van der Waals surface area contributed by atoms with Gasteiger partial charge in [-0.25, -0.2) is 4.79 Å². The van der Waals surface area contributed by atoms with E-state index in [9.17, 15) is 9.59 Å². The zero-order chi connectivity index (χ0) is 20.6. The van der Waals surface area contributed by atoms with Crippen molar-refractivity contribution in [2.24, 2.45) is 0 Å². The Morgan fingerprint density at radius 3 is 2.76 bits per heavy atom. The first-order valence-electron chi connectivity index (χ1n) is 9.30. The summed E-state index contributed by atoms with van der Waals surface area (Å²) in [6.07, 6.45) is 3.69. The van der Waals surface area contributed by atoms with Crippen molar-refractivity contribution in [1.29, 1.82) is 0 Å². The molecule has 0 spiro atoms. The lowest BCUT2D eigenvalue weighted by Gasteiger charge is -2.14. The number of benzene rings is 2. The summed E-state index contributed by atoms with van der Waals surface area (Å²) < 4.78 is 16.2. The van der Waals surface area contributed by atoms with Crippen molar-refractivity contribution in [2.45, 2.75) is 19.4 Å². The standard InChI is InChI=1S/C22H22ClNO5/c1-15(17-4-2-5-18(23)13-17)24-21(25)14-29-22(26)9-7-16-6-8-19-20(12-16)28-11-3-10-27-19/h2,4-9,12-13,15H,3,10-11,14H2,1H3,(H,24,25)/b9-7+/t15-/m0/s1. The fraction of sp³-hybridized carbons (Fsp3) is 0.273. The third-order valence-electron chi connectivity index (χ3n) is 4.26. The Hall–Kier alpha value is -2.99. The minimum absolute atomic E-state index is 0.253. The molecule has 1 heterocycles. The number of carbonyl (C=O) groups is 2. The van der Waals surface area contributed by atoms with Crippen LogP contribution < -0.4 is 14.8 Å². The average molecular weight is 416 g/mol. The molecule has 0 saturated heterocycles. The van der Waals surface area contributed by atoms with Gasteiger partial charge >= 0.3 is 5.97 Å². The summed E-state index contributed by atoms with van der Waals surface area (Å²) in [7, 11) is 0. The van der Waals surface area contributed by atoms with Gasteiger partial charge in [-0.15, -0.1) is 0 Å². The van der Waals surface area contributed by atoms with Gasteiger partial charge < -0.3 is 19.5 Å². The van der Waals surface area contributed by atoms with Crippen LogP contribution in [0, 0.1) is 0 Å². The van der Waals surface area contributed by atoms with Crippen LogP contribution in [0.15, 0.2) is 48.5 Å². The van der Waals surface area contributed by atoms with E-state index in [0.717, 1.165) is 17.5 Å². The van der Waals surface area contributed by atoms with Crippen molar-refractivity contribution in [3.05, 3.63) is 64.7 Å². The van der Waals surface area contributed by atoms with Gasteiger partial charge in [0.2, 0.25) is 0 Å². The molecular formula is C22H22ClNO5. The van der Waals surface area contributed by atoms with Crippen molar-refractivity contribution < 1.29 is 23.8 Å². The molecule has 6 nitrogen and oxygen atoms in total. The van der Waals surface area contributed by atoms with Gasteiger partial charge in [0.05, 0.1) is 19.3 Å². The maximum Gasteiger partial charge on any atom is 0.331 e. The number of esters is 1. The first-order valence-corrected chi connectivity index (χ1v) is 9.68. The lowest BCUT2D eigenvalue weighted by molar-refractivity contribution is -0.144. The molecule has 0 fully saturated rings. The number of hydrogen-bond acceptors (Lipinski definition) is 5. The van der Waals surface area contributed by atoms with E-state index in [0.29, 0.717) is 29.7 Å².